The van der Waals surface area contributed by atoms with Gasteiger partial charge in [-0.1, -0.05) is 0 Å². The van der Waals surface area contributed by atoms with Gasteiger partial charge in [-0.05, 0) is 0 Å². The van der Waals surface area contributed by atoms with Crippen LogP contribution in [0.1, 0.15) is 5.56 Å². The number of alkyl halides is 1. The Kier molecular flexibility index (Phi) is 2.98. The van der Waals surface area contributed by atoms with E-state index in [2.05, 4.69) is 0 Å². The summed E-state index contributed by atoms with van der Waals surface area (Å²) in [6, 6.07) is 0.949. The van der Waals surface area contributed by atoms with Crippen LogP contribution >= 0.6 is 0 Å². The second kappa shape index (κ2) is 3.64. The molecule has 0 aliphatic rings. The zero-order chi connectivity index (χ0) is 9.30. The fraction of sp³-hybridized carbons (Fsp3) is 0.250. The minimum absolute atomic E-state index is 0.216. The molecule has 0 aliphatic carbocycles. The summed E-state index contributed by atoms with van der Waals surface area (Å²) in [5.41, 5.74) is -0.216. The molecule has 68 valence electrons. The summed E-state index contributed by atoms with van der Waals surface area (Å²) < 4.78 is 38.8. The van der Waals surface area contributed by atoms with E-state index < -0.39 is 38.7 Å². The Hall–Kier alpha value is -0.260. The Morgan fingerprint density at radius 2 is 1.75 bits per heavy atom. The van der Waals surface area contributed by atoms with E-state index in [4.69, 9.17) is 0 Å². The second-order valence-electron chi connectivity index (χ2n) is 2.28. The van der Waals surface area contributed by atoms with E-state index in [1.54, 1.807) is 4.93 Å². The normalized spacial score (nSPS) is 10.8. The fourth-order valence-electron chi connectivity index (χ4n) is 0.830. The van der Waals surface area contributed by atoms with Crippen molar-refractivity contribution in [3.63, 3.8) is 0 Å². The molecule has 0 atom stereocenters. The molecule has 12 heavy (non-hydrogen) atoms. The first-order chi connectivity index (χ1) is 5.57. The molecule has 0 radical (unpaired) electrons. The number of rotatable bonds is 1. The van der Waals surface area contributed by atoms with E-state index in [9.17, 15) is 13.2 Å². The number of hydrogen-bond donors (Lipinski definition) is 0. The van der Waals surface area contributed by atoms with Gasteiger partial charge in [0, 0.05) is 0 Å². The molecule has 0 amide bonds. The molecule has 0 N–H and O–H groups in total. The van der Waals surface area contributed by atoms with Crippen LogP contribution in [0.3, 0.4) is 0 Å². The molecule has 0 saturated carbocycles. The zero-order valence-corrected chi connectivity index (χ0v) is 8.75. The van der Waals surface area contributed by atoms with Gasteiger partial charge in [-0.3, -0.25) is 0 Å². The van der Waals surface area contributed by atoms with Crippen LogP contribution in [0.25, 0.3) is 0 Å². The Labute approximate surface area is 79.0 Å². The maximum atomic E-state index is 13.1. The third kappa shape index (κ3) is 1.57. The average Bonchev–Trinajstić information content (AvgIpc) is 2.08. The molecular weight excluding hydrogens is 280 g/mol. The first kappa shape index (κ1) is 9.83. The summed E-state index contributed by atoms with van der Waals surface area (Å²) in [7, 11) is 0. The van der Waals surface area contributed by atoms with Crippen LogP contribution in [-0.4, -0.2) is 4.93 Å². The molecule has 0 nitrogen and oxygen atoms in total. The third-order valence-electron chi connectivity index (χ3n) is 1.53. The summed E-state index contributed by atoms with van der Waals surface area (Å²) >= 11 is -0.540. The van der Waals surface area contributed by atoms with E-state index in [-0.39, 0.29) is 5.56 Å². The molecule has 0 aliphatic heterocycles. The van der Waals surface area contributed by atoms with Crippen molar-refractivity contribution >= 4 is 0 Å². The number of halogens is 4. The first-order valence-corrected chi connectivity index (χ1v) is 6.45. The quantitative estimate of drug-likeness (QED) is 0.364. The molecule has 0 saturated heterocycles. The summed E-state index contributed by atoms with van der Waals surface area (Å²) in [4.78, 5) is 1.80. The predicted octanol–water partition coefficient (Wildman–Crippen LogP) is -0.699. The molecule has 1 aromatic carbocycles. The third-order valence-corrected chi connectivity index (χ3v) is 3.48. The molecule has 0 aromatic heterocycles. The molecule has 0 heterocycles. The van der Waals surface area contributed by atoms with Gasteiger partial charge in [0.1, 0.15) is 0 Å². The molecular formula is C8H7F3I-. The fourth-order valence-corrected chi connectivity index (χ4v) is 2.29. The first-order valence-electron chi connectivity index (χ1n) is 3.21. The number of benzene rings is 1. The van der Waals surface area contributed by atoms with Crippen molar-refractivity contribution in [2.75, 3.05) is 4.93 Å². The summed E-state index contributed by atoms with van der Waals surface area (Å²) in [6.45, 7) is 1.25. The van der Waals surface area contributed by atoms with Crippen molar-refractivity contribution in [2.24, 2.45) is 0 Å². The minimum atomic E-state index is -1.08. The predicted molar refractivity (Wildman–Crippen MR) is 35.7 cm³/mol. The van der Waals surface area contributed by atoms with Crippen LogP contribution in [0.4, 0.5) is 13.2 Å². The summed E-state index contributed by atoms with van der Waals surface area (Å²) in [6.07, 6.45) is 0. The van der Waals surface area contributed by atoms with Crippen LogP contribution in [0.15, 0.2) is 6.07 Å². The summed E-state index contributed by atoms with van der Waals surface area (Å²) in [5, 5.41) is 0. The van der Waals surface area contributed by atoms with Gasteiger partial charge in [0.15, 0.2) is 0 Å². The molecule has 4 heteroatoms. The van der Waals surface area contributed by atoms with Crippen molar-refractivity contribution in [3.8, 4) is 0 Å². The SMILES string of the molecule is C[I-]c1cc(F)c(F)c(C)c1F. The van der Waals surface area contributed by atoms with Crippen LogP contribution < -0.4 is 21.2 Å². The van der Waals surface area contributed by atoms with E-state index in [0.29, 0.717) is 3.57 Å². The molecule has 1 aromatic rings. The van der Waals surface area contributed by atoms with Crippen molar-refractivity contribution in [3.05, 3.63) is 32.7 Å². The van der Waals surface area contributed by atoms with Gasteiger partial charge < -0.3 is 0 Å². The number of hydrogen-bond acceptors (Lipinski definition) is 0. The van der Waals surface area contributed by atoms with Crippen LogP contribution in [-0.2, 0) is 0 Å². The monoisotopic (exact) mass is 287 g/mol. The Morgan fingerprint density at radius 1 is 1.17 bits per heavy atom. The Morgan fingerprint density at radius 3 is 2.25 bits per heavy atom. The second-order valence-corrected chi connectivity index (χ2v) is 4.52. The Balaban J connectivity index is 3.39. The zero-order valence-electron chi connectivity index (χ0n) is 6.59. The van der Waals surface area contributed by atoms with E-state index in [0.717, 1.165) is 6.07 Å². The maximum absolute atomic E-state index is 13.1. The van der Waals surface area contributed by atoms with Crippen LogP contribution in [0, 0.1) is 27.9 Å². The van der Waals surface area contributed by atoms with Gasteiger partial charge in [0.25, 0.3) is 0 Å². The van der Waals surface area contributed by atoms with E-state index >= 15 is 0 Å². The van der Waals surface area contributed by atoms with Crippen molar-refractivity contribution in [2.45, 2.75) is 6.92 Å². The van der Waals surface area contributed by atoms with Crippen LogP contribution in [0.5, 0.6) is 0 Å². The molecule has 0 fully saturated rings. The van der Waals surface area contributed by atoms with Gasteiger partial charge in [0.2, 0.25) is 0 Å². The van der Waals surface area contributed by atoms with Gasteiger partial charge in [-0.2, -0.15) is 0 Å². The van der Waals surface area contributed by atoms with Gasteiger partial charge in [-0.25, -0.2) is 0 Å². The standard InChI is InChI=1S/C8H7F3I/c1-4-7(10)5(9)3-6(12-2)8(4)11/h3H,1-2H3/q-1. The average molecular weight is 287 g/mol. The Bertz CT molecular complexity index is 310. The molecule has 0 unspecified atom stereocenters. The summed E-state index contributed by atoms with van der Waals surface area (Å²) in [5.74, 6) is -2.62. The molecule has 1 rings (SSSR count). The van der Waals surface area contributed by atoms with E-state index in [1.807, 2.05) is 0 Å². The molecule has 0 spiro atoms. The molecule has 0 bridgehead atoms. The van der Waals surface area contributed by atoms with Crippen LogP contribution in [0.2, 0.25) is 0 Å². The van der Waals surface area contributed by atoms with Gasteiger partial charge >= 0.3 is 78.9 Å². The van der Waals surface area contributed by atoms with Gasteiger partial charge in [0.05, 0.1) is 0 Å². The van der Waals surface area contributed by atoms with E-state index in [1.165, 1.54) is 6.92 Å². The van der Waals surface area contributed by atoms with Gasteiger partial charge in [-0.15, -0.1) is 0 Å². The van der Waals surface area contributed by atoms with Crippen molar-refractivity contribution in [1.29, 1.82) is 0 Å². The van der Waals surface area contributed by atoms with Crippen molar-refractivity contribution < 1.29 is 34.4 Å². The topological polar surface area (TPSA) is 0 Å². The van der Waals surface area contributed by atoms with Crippen molar-refractivity contribution in [1.82, 2.24) is 0 Å².